The van der Waals surface area contributed by atoms with Gasteiger partial charge in [0, 0.05) is 5.69 Å². The second kappa shape index (κ2) is 4.15. The van der Waals surface area contributed by atoms with Crippen molar-refractivity contribution in [2.75, 3.05) is 5.32 Å². The molecule has 0 atom stereocenters. The van der Waals surface area contributed by atoms with Crippen LogP contribution in [0.25, 0.3) is 0 Å². The molecule has 2 rings (SSSR count). The van der Waals surface area contributed by atoms with Crippen molar-refractivity contribution >= 4 is 11.6 Å². The molecular weight excluding hydrogens is 221 g/mol. The van der Waals surface area contributed by atoms with Crippen LogP contribution in [0.5, 0.6) is 0 Å². The van der Waals surface area contributed by atoms with Crippen molar-refractivity contribution in [1.29, 1.82) is 5.26 Å². The van der Waals surface area contributed by atoms with Crippen molar-refractivity contribution in [2.45, 2.75) is 24.8 Å². The van der Waals surface area contributed by atoms with E-state index < -0.39 is 11.4 Å². The second-order valence-electron chi connectivity index (χ2n) is 4.27. The van der Waals surface area contributed by atoms with Crippen molar-refractivity contribution < 1.29 is 9.18 Å². The van der Waals surface area contributed by atoms with Crippen LogP contribution in [-0.4, -0.2) is 11.4 Å². The molecule has 0 bridgehead atoms. The van der Waals surface area contributed by atoms with Crippen LogP contribution in [0.2, 0.25) is 0 Å². The van der Waals surface area contributed by atoms with E-state index in [1.807, 2.05) is 0 Å². The van der Waals surface area contributed by atoms with Crippen LogP contribution in [0.3, 0.4) is 0 Å². The Bertz CT molecular complexity index is 503. The number of nitrogens with zero attached hydrogens (tertiary/aromatic N) is 1. The highest BCUT2D eigenvalue weighted by Gasteiger charge is 2.40. The fourth-order valence-electron chi connectivity index (χ4n) is 1.73. The maximum atomic E-state index is 13.1. The van der Waals surface area contributed by atoms with E-state index in [0.29, 0.717) is 18.5 Å². The first kappa shape index (κ1) is 11.6. The molecule has 0 aliphatic heterocycles. The smallest absolute Gasteiger partial charge is 0.244 e. The number of anilines is 1. The van der Waals surface area contributed by atoms with E-state index in [1.165, 1.54) is 12.1 Å². The summed E-state index contributed by atoms with van der Waals surface area (Å²) in [7, 11) is 0. The van der Waals surface area contributed by atoms with Gasteiger partial charge in [0.2, 0.25) is 5.91 Å². The highest BCUT2D eigenvalue weighted by atomic mass is 19.1. The van der Waals surface area contributed by atoms with Gasteiger partial charge in [0.1, 0.15) is 11.9 Å². The van der Waals surface area contributed by atoms with Gasteiger partial charge in [0.05, 0.1) is 11.1 Å². The van der Waals surface area contributed by atoms with Crippen LogP contribution in [0.15, 0.2) is 18.2 Å². The zero-order valence-electron chi connectivity index (χ0n) is 9.16. The first-order valence-corrected chi connectivity index (χ1v) is 5.35. The lowest BCUT2D eigenvalue weighted by molar-refractivity contribution is -0.123. The molecule has 0 unspecified atom stereocenters. The molecule has 0 aromatic heterocycles. The number of carbonyl (C=O) groups is 1. The quantitative estimate of drug-likeness (QED) is 0.812. The molecule has 1 aromatic rings. The summed E-state index contributed by atoms with van der Waals surface area (Å²) in [6, 6.07) is 5.58. The molecule has 1 saturated carbocycles. The minimum atomic E-state index is -0.804. The van der Waals surface area contributed by atoms with Gasteiger partial charge in [-0.2, -0.15) is 5.26 Å². The Morgan fingerprint density at radius 1 is 1.53 bits per heavy atom. The number of halogens is 1. The summed E-state index contributed by atoms with van der Waals surface area (Å²) in [6.45, 7) is 0. The van der Waals surface area contributed by atoms with Gasteiger partial charge in [-0.25, -0.2) is 4.39 Å². The van der Waals surface area contributed by atoms with Crippen molar-refractivity contribution in [3.63, 3.8) is 0 Å². The highest BCUT2D eigenvalue weighted by molar-refractivity contribution is 5.98. The highest BCUT2D eigenvalue weighted by Crippen LogP contribution is 2.30. The first-order chi connectivity index (χ1) is 8.05. The molecule has 0 heterocycles. The number of hydrogen-bond acceptors (Lipinski definition) is 3. The van der Waals surface area contributed by atoms with Crippen molar-refractivity contribution in [1.82, 2.24) is 0 Å². The third-order valence-electron chi connectivity index (χ3n) is 3.04. The molecule has 5 heteroatoms. The summed E-state index contributed by atoms with van der Waals surface area (Å²) in [6.07, 6.45) is 2.26. The summed E-state index contributed by atoms with van der Waals surface area (Å²) >= 11 is 0. The average molecular weight is 233 g/mol. The average Bonchev–Trinajstić information content (AvgIpc) is 2.28. The molecule has 0 radical (unpaired) electrons. The number of nitrogens with one attached hydrogen (secondary N) is 1. The molecule has 3 N–H and O–H groups in total. The minimum absolute atomic E-state index is 0.0949. The largest absolute Gasteiger partial charge is 0.324 e. The lowest BCUT2D eigenvalue weighted by atomic mass is 9.77. The van der Waals surface area contributed by atoms with Crippen LogP contribution in [0, 0.1) is 17.1 Å². The van der Waals surface area contributed by atoms with E-state index in [0.717, 1.165) is 12.5 Å². The molecular formula is C12H12FN3O. The maximum absolute atomic E-state index is 13.1. The van der Waals surface area contributed by atoms with Gasteiger partial charge in [0.25, 0.3) is 0 Å². The Morgan fingerprint density at radius 3 is 2.76 bits per heavy atom. The summed E-state index contributed by atoms with van der Waals surface area (Å²) in [5, 5.41) is 11.3. The Morgan fingerprint density at radius 2 is 2.24 bits per heavy atom. The van der Waals surface area contributed by atoms with Crippen molar-refractivity contribution in [3.8, 4) is 6.07 Å². The molecule has 1 aliphatic rings. The summed E-state index contributed by atoms with van der Waals surface area (Å²) < 4.78 is 13.1. The number of hydrogen-bond donors (Lipinski definition) is 2. The normalized spacial score (nSPS) is 16.8. The van der Waals surface area contributed by atoms with Gasteiger partial charge in [-0.05, 0) is 37.5 Å². The number of nitrogens with two attached hydrogens (primary N) is 1. The molecule has 1 amide bonds. The third kappa shape index (κ3) is 2.12. The Labute approximate surface area is 98.2 Å². The lowest BCUT2D eigenvalue weighted by Gasteiger charge is -2.36. The summed E-state index contributed by atoms with van der Waals surface area (Å²) in [5.74, 6) is -0.879. The Hall–Kier alpha value is -1.93. The predicted octanol–water partition coefficient (Wildman–Crippen LogP) is 1.52. The van der Waals surface area contributed by atoms with Gasteiger partial charge in [-0.15, -0.1) is 0 Å². The van der Waals surface area contributed by atoms with Gasteiger partial charge in [-0.3, -0.25) is 4.79 Å². The fraction of sp³-hybridized carbons (Fsp3) is 0.333. The Kier molecular flexibility index (Phi) is 2.82. The third-order valence-corrected chi connectivity index (χ3v) is 3.04. The monoisotopic (exact) mass is 233 g/mol. The zero-order chi connectivity index (χ0) is 12.5. The maximum Gasteiger partial charge on any atom is 0.244 e. The van der Waals surface area contributed by atoms with E-state index in [2.05, 4.69) is 5.32 Å². The van der Waals surface area contributed by atoms with Gasteiger partial charge in [-0.1, -0.05) is 0 Å². The zero-order valence-corrected chi connectivity index (χ0v) is 9.16. The minimum Gasteiger partial charge on any atom is -0.324 e. The SMILES string of the molecule is N#Cc1cc(NC(=O)C2(N)CCC2)ccc1F. The summed E-state index contributed by atoms with van der Waals surface area (Å²) in [4.78, 5) is 11.8. The molecule has 1 fully saturated rings. The molecule has 0 spiro atoms. The summed E-state index contributed by atoms with van der Waals surface area (Å²) in [5.41, 5.74) is 5.34. The van der Waals surface area contributed by atoms with Gasteiger partial charge >= 0.3 is 0 Å². The first-order valence-electron chi connectivity index (χ1n) is 5.35. The van der Waals surface area contributed by atoms with Gasteiger partial charge < -0.3 is 11.1 Å². The fourth-order valence-corrected chi connectivity index (χ4v) is 1.73. The predicted molar refractivity (Wildman–Crippen MR) is 60.5 cm³/mol. The molecule has 1 aliphatic carbocycles. The van der Waals surface area contributed by atoms with E-state index in [4.69, 9.17) is 11.0 Å². The number of carbonyl (C=O) groups excluding carboxylic acids is 1. The Balaban J connectivity index is 2.14. The molecule has 0 saturated heterocycles. The number of rotatable bonds is 2. The topological polar surface area (TPSA) is 78.9 Å². The molecule has 4 nitrogen and oxygen atoms in total. The number of nitriles is 1. The van der Waals surface area contributed by atoms with E-state index in [9.17, 15) is 9.18 Å². The molecule has 17 heavy (non-hydrogen) atoms. The molecule has 88 valence electrons. The van der Waals surface area contributed by atoms with Crippen LogP contribution in [0.1, 0.15) is 24.8 Å². The lowest BCUT2D eigenvalue weighted by Crippen LogP contribution is -2.56. The number of amides is 1. The van der Waals surface area contributed by atoms with Gasteiger partial charge in [0.15, 0.2) is 0 Å². The van der Waals surface area contributed by atoms with Crippen molar-refractivity contribution in [3.05, 3.63) is 29.6 Å². The molecule has 1 aromatic carbocycles. The van der Waals surface area contributed by atoms with Crippen LogP contribution < -0.4 is 11.1 Å². The van der Waals surface area contributed by atoms with Crippen LogP contribution in [0.4, 0.5) is 10.1 Å². The number of benzene rings is 1. The van der Waals surface area contributed by atoms with E-state index >= 15 is 0 Å². The standard InChI is InChI=1S/C12H12FN3O/c13-10-3-2-9(6-8(10)7-14)16-11(17)12(15)4-1-5-12/h2-3,6H,1,4-5,15H2,(H,16,17). The van der Waals surface area contributed by atoms with E-state index in [1.54, 1.807) is 6.07 Å². The van der Waals surface area contributed by atoms with E-state index in [-0.39, 0.29) is 11.5 Å². The van der Waals surface area contributed by atoms with Crippen LogP contribution >= 0.6 is 0 Å². The van der Waals surface area contributed by atoms with Crippen molar-refractivity contribution in [2.24, 2.45) is 5.73 Å². The van der Waals surface area contributed by atoms with Crippen LogP contribution in [-0.2, 0) is 4.79 Å². The second-order valence-corrected chi connectivity index (χ2v) is 4.27.